The predicted octanol–water partition coefficient (Wildman–Crippen LogP) is 2.03. The lowest BCUT2D eigenvalue weighted by Gasteiger charge is -2.34. The van der Waals surface area contributed by atoms with Crippen molar-refractivity contribution in [2.45, 2.75) is 26.4 Å². The van der Waals surface area contributed by atoms with Crippen molar-refractivity contribution < 1.29 is 9.32 Å². The highest BCUT2D eigenvalue weighted by Crippen LogP contribution is 2.29. The van der Waals surface area contributed by atoms with Crippen LogP contribution < -0.4 is 5.32 Å². The Kier molecular flexibility index (Phi) is 3.58. The third kappa shape index (κ3) is 2.36. The molecule has 1 saturated heterocycles. The molecule has 3 heterocycles. The van der Waals surface area contributed by atoms with Crippen LogP contribution in [0.25, 0.3) is 0 Å². The van der Waals surface area contributed by atoms with Crippen LogP contribution in [-0.2, 0) is 11.3 Å². The maximum Gasteiger partial charge on any atom is 0.242 e. The minimum atomic E-state index is -0.211. The van der Waals surface area contributed by atoms with E-state index < -0.39 is 0 Å². The molecule has 1 amide bonds. The Labute approximate surface area is 121 Å². The van der Waals surface area contributed by atoms with Crippen LogP contribution in [0.1, 0.15) is 27.9 Å². The van der Waals surface area contributed by atoms with Gasteiger partial charge in [0.2, 0.25) is 5.91 Å². The van der Waals surface area contributed by atoms with E-state index in [1.54, 1.807) is 11.3 Å². The normalized spacial score (nSPS) is 20.1. The fourth-order valence-electron chi connectivity index (χ4n) is 2.57. The molecular formula is C14H17N3O2S. The zero-order chi connectivity index (χ0) is 14.1. The van der Waals surface area contributed by atoms with Gasteiger partial charge in [0.05, 0.1) is 5.69 Å². The molecule has 6 heteroatoms. The van der Waals surface area contributed by atoms with Crippen molar-refractivity contribution >= 4 is 17.2 Å². The molecule has 1 unspecified atom stereocenters. The average molecular weight is 291 g/mol. The lowest BCUT2D eigenvalue weighted by Crippen LogP contribution is -2.49. The van der Waals surface area contributed by atoms with Gasteiger partial charge in [-0.15, -0.1) is 11.3 Å². The third-order valence-corrected chi connectivity index (χ3v) is 4.59. The zero-order valence-electron chi connectivity index (χ0n) is 11.5. The number of hydrogen-bond acceptors (Lipinski definition) is 5. The van der Waals surface area contributed by atoms with Gasteiger partial charge in [-0.25, -0.2) is 0 Å². The van der Waals surface area contributed by atoms with Crippen LogP contribution in [-0.4, -0.2) is 29.1 Å². The summed E-state index contributed by atoms with van der Waals surface area (Å²) in [5.74, 6) is 0.906. The Morgan fingerprint density at radius 2 is 2.40 bits per heavy atom. The fourth-order valence-corrected chi connectivity index (χ4v) is 3.43. The number of nitrogens with zero attached hydrogens (tertiary/aromatic N) is 2. The summed E-state index contributed by atoms with van der Waals surface area (Å²) in [5.41, 5.74) is 1.99. The molecule has 1 N–H and O–H groups in total. The molecule has 106 valence electrons. The van der Waals surface area contributed by atoms with Crippen molar-refractivity contribution in [3.63, 3.8) is 0 Å². The van der Waals surface area contributed by atoms with E-state index in [1.165, 1.54) is 0 Å². The number of thiophene rings is 1. The Balaban J connectivity index is 1.88. The molecule has 2 aromatic heterocycles. The van der Waals surface area contributed by atoms with Crippen LogP contribution in [0.15, 0.2) is 22.0 Å². The van der Waals surface area contributed by atoms with Crippen molar-refractivity contribution in [1.82, 2.24) is 15.4 Å². The second-order valence-electron chi connectivity index (χ2n) is 4.98. The number of hydrogen-bond donors (Lipinski definition) is 1. The molecule has 5 nitrogen and oxygen atoms in total. The zero-order valence-corrected chi connectivity index (χ0v) is 12.4. The molecule has 1 fully saturated rings. The summed E-state index contributed by atoms with van der Waals surface area (Å²) in [4.78, 5) is 15.5. The number of carbonyl (C=O) groups is 1. The quantitative estimate of drug-likeness (QED) is 0.940. The van der Waals surface area contributed by atoms with E-state index in [-0.39, 0.29) is 11.9 Å². The van der Waals surface area contributed by atoms with E-state index in [4.69, 9.17) is 4.52 Å². The first-order valence-electron chi connectivity index (χ1n) is 6.63. The molecule has 0 radical (unpaired) electrons. The van der Waals surface area contributed by atoms with Gasteiger partial charge in [-0.2, -0.15) is 0 Å². The van der Waals surface area contributed by atoms with Gasteiger partial charge in [-0.1, -0.05) is 11.2 Å². The van der Waals surface area contributed by atoms with Gasteiger partial charge < -0.3 is 9.84 Å². The van der Waals surface area contributed by atoms with Crippen LogP contribution >= 0.6 is 11.3 Å². The van der Waals surface area contributed by atoms with Gasteiger partial charge in [-0.3, -0.25) is 9.69 Å². The highest BCUT2D eigenvalue weighted by molar-refractivity contribution is 7.10. The van der Waals surface area contributed by atoms with Gasteiger partial charge in [-0.05, 0) is 25.3 Å². The summed E-state index contributed by atoms with van der Waals surface area (Å²) in [6.07, 6.45) is 0. The number of aromatic nitrogens is 1. The van der Waals surface area contributed by atoms with Crippen LogP contribution in [0.5, 0.6) is 0 Å². The highest BCUT2D eigenvalue weighted by Gasteiger charge is 2.32. The van der Waals surface area contributed by atoms with Crippen LogP contribution in [0.4, 0.5) is 0 Å². The van der Waals surface area contributed by atoms with E-state index in [9.17, 15) is 4.79 Å². The molecule has 1 aliphatic heterocycles. The highest BCUT2D eigenvalue weighted by atomic mass is 32.1. The summed E-state index contributed by atoms with van der Waals surface area (Å²) in [6.45, 7) is 6.06. The summed E-state index contributed by atoms with van der Waals surface area (Å²) in [6, 6.07) is 3.79. The van der Waals surface area contributed by atoms with E-state index in [0.717, 1.165) is 28.4 Å². The Morgan fingerprint density at radius 3 is 3.05 bits per heavy atom. The molecular weight excluding hydrogens is 274 g/mol. The van der Waals surface area contributed by atoms with E-state index >= 15 is 0 Å². The summed E-state index contributed by atoms with van der Waals surface area (Å²) >= 11 is 1.62. The van der Waals surface area contributed by atoms with Crippen molar-refractivity contribution in [3.05, 3.63) is 39.4 Å². The van der Waals surface area contributed by atoms with Gasteiger partial charge in [0.25, 0.3) is 0 Å². The first kappa shape index (κ1) is 13.3. The number of amides is 1. The third-order valence-electron chi connectivity index (χ3n) is 3.67. The second kappa shape index (κ2) is 5.38. The smallest absolute Gasteiger partial charge is 0.242 e. The number of piperazine rings is 1. The SMILES string of the molecule is Cc1noc(C)c1CN1CCNC(=O)C1c1cccs1. The van der Waals surface area contributed by atoms with Crippen LogP contribution in [0.3, 0.4) is 0 Å². The molecule has 1 atom stereocenters. The minimum Gasteiger partial charge on any atom is -0.361 e. The predicted molar refractivity (Wildman–Crippen MR) is 76.5 cm³/mol. The van der Waals surface area contributed by atoms with Crippen molar-refractivity contribution in [3.8, 4) is 0 Å². The number of carbonyl (C=O) groups excluding carboxylic acids is 1. The van der Waals surface area contributed by atoms with Crippen molar-refractivity contribution in [1.29, 1.82) is 0 Å². The summed E-state index contributed by atoms with van der Waals surface area (Å²) in [7, 11) is 0. The standard InChI is InChI=1S/C14H17N3O2S/c1-9-11(10(2)19-16-9)8-17-6-5-15-14(18)13(17)12-4-3-7-20-12/h3-4,7,13H,5-6,8H2,1-2H3,(H,15,18). The monoisotopic (exact) mass is 291 g/mol. The number of aryl methyl sites for hydroxylation is 2. The molecule has 0 aliphatic carbocycles. The van der Waals surface area contributed by atoms with Gasteiger partial charge >= 0.3 is 0 Å². The molecule has 20 heavy (non-hydrogen) atoms. The van der Waals surface area contributed by atoms with Gasteiger partial charge in [0, 0.05) is 30.1 Å². The first-order valence-corrected chi connectivity index (χ1v) is 7.51. The molecule has 0 spiro atoms. The first-order chi connectivity index (χ1) is 9.66. The van der Waals surface area contributed by atoms with E-state index in [1.807, 2.05) is 31.4 Å². The molecule has 2 aromatic rings. The second-order valence-corrected chi connectivity index (χ2v) is 5.96. The molecule has 0 saturated carbocycles. The lowest BCUT2D eigenvalue weighted by atomic mass is 10.1. The summed E-state index contributed by atoms with van der Waals surface area (Å²) < 4.78 is 5.21. The Hall–Kier alpha value is -1.66. The lowest BCUT2D eigenvalue weighted by molar-refractivity contribution is -0.129. The maximum absolute atomic E-state index is 12.2. The number of rotatable bonds is 3. The van der Waals surface area contributed by atoms with Crippen molar-refractivity contribution in [2.75, 3.05) is 13.1 Å². The Morgan fingerprint density at radius 1 is 1.55 bits per heavy atom. The molecule has 3 rings (SSSR count). The molecule has 1 aliphatic rings. The molecule has 0 aromatic carbocycles. The number of nitrogens with one attached hydrogen (secondary N) is 1. The van der Waals surface area contributed by atoms with Crippen LogP contribution in [0.2, 0.25) is 0 Å². The molecule has 0 bridgehead atoms. The average Bonchev–Trinajstić information content (AvgIpc) is 3.04. The van der Waals surface area contributed by atoms with E-state index in [0.29, 0.717) is 13.1 Å². The Bertz CT molecular complexity index is 586. The van der Waals surface area contributed by atoms with E-state index in [2.05, 4.69) is 15.4 Å². The maximum atomic E-state index is 12.2. The minimum absolute atomic E-state index is 0.0745. The largest absolute Gasteiger partial charge is 0.361 e. The van der Waals surface area contributed by atoms with Gasteiger partial charge in [0.1, 0.15) is 11.8 Å². The summed E-state index contributed by atoms with van der Waals surface area (Å²) in [5, 5.41) is 8.94. The topological polar surface area (TPSA) is 58.4 Å². The van der Waals surface area contributed by atoms with Crippen LogP contribution in [0, 0.1) is 13.8 Å². The van der Waals surface area contributed by atoms with Crippen molar-refractivity contribution in [2.24, 2.45) is 0 Å². The van der Waals surface area contributed by atoms with Gasteiger partial charge in [0.15, 0.2) is 0 Å². The fraction of sp³-hybridized carbons (Fsp3) is 0.429.